The number of carbonyl (C=O) groups is 3. The van der Waals surface area contributed by atoms with Gasteiger partial charge in [-0.15, -0.1) is 0 Å². The van der Waals surface area contributed by atoms with Crippen LogP contribution in [0.5, 0.6) is 0 Å². The van der Waals surface area contributed by atoms with Crippen LogP contribution in [0.3, 0.4) is 0 Å². The van der Waals surface area contributed by atoms with E-state index in [1.54, 1.807) is 24.3 Å². The molecule has 0 bridgehead atoms. The number of rotatable bonds is 4. The Morgan fingerprint density at radius 2 is 1.72 bits per heavy atom. The summed E-state index contributed by atoms with van der Waals surface area (Å²) in [6, 6.07) is 6.87. The molecule has 1 saturated carbocycles. The molecule has 6 nitrogen and oxygen atoms in total. The Balaban J connectivity index is 1.66. The van der Waals surface area contributed by atoms with E-state index in [0.717, 1.165) is 19.3 Å². The largest absolute Gasteiger partial charge is 0.449 e. The van der Waals surface area contributed by atoms with E-state index >= 15 is 0 Å². The van der Waals surface area contributed by atoms with Crippen LogP contribution in [0.1, 0.15) is 60.7 Å². The standard InChI is InChI=1S/C19H24N2O4/c1-18(2,3)20-17(24)25-12-19(9-6-10-19)11-21-15(22)13-7-4-5-8-14(13)16(21)23/h4-5,7-8H,6,9-12H2,1-3H3,(H,20,24). The van der Waals surface area contributed by atoms with E-state index in [2.05, 4.69) is 5.32 Å². The zero-order chi connectivity index (χ0) is 18.2. The molecule has 1 heterocycles. The average Bonchev–Trinajstić information content (AvgIpc) is 2.73. The van der Waals surface area contributed by atoms with E-state index in [9.17, 15) is 14.4 Å². The van der Waals surface area contributed by atoms with Crippen molar-refractivity contribution in [1.29, 1.82) is 0 Å². The summed E-state index contributed by atoms with van der Waals surface area (Å²) in [6.45, 7) is 6.15. The third-order valence-electron chi connectivity index (χ3n) is 4.77. The Bertz CT molecular complexity index is 681. The van der Waals surface area contributed by atoms with Crippen molar-refractivity contribution >= 4 is 17.9 Å². The van der Waals surface area contributed by atoms with Crippen LogP contribution < -0.4 is 5.32 Å². The van der Waals surface area contributed by atoms with Crippen molar-refractivity contribution in [3.63, 3.8) is 0 Å². The molecule has 0 aromatic heterocycles. The monoisotopic (exact) mass is 344 g/mol. The fraction of sp³-hybridized carbons (Fsp3) is 0.526. The molecule has 1 N–H and O–H groups in total. The minimum Gasteiger partial charge on any atom is -0.449 e. The number of fused-ring (bicyclic) bond motifs is 1. The number of amides is 3. The molecule has 3 amide bonds. The van der Waals surface area contributed by atoms with Crippen molar-refractivity contribution in [2.24, 2.45) is 5.41 Å². The zero-order valence-electron chi connectivity index (χ0n) is 14.9. The Hall–Kier alpha value is -2.37. The van der Waals surface area contributed by atoms with Gasteiger partial charge in [-0.1, -0.05) is 18.6 Å². The van der Waals surface area contributed by atoms with E-state index in [4.69, 9.17) is 4.74 Å². The predicted molar refractivity (Wildman–Crippen MR) is 92.3 cm³/mol. The number of hydrogen-bond donors (Lipinski definition) is 1. The maximum atomic E-state index is 12.5. The molecule has 0 atom stereocenters. The van der Waals surface area contributed by atoms with Gasteiger partial charge in [0.1, 0.15) is 6.61 Å². The van der Waals surface area contributed by atoms with E-state index in [0.29, 0.717) is 17.7 Å². The first-order valence-corrected chi connectivity index (χ1v) is 8.61. The van der Waals surface area contributed by atoms with E-state index in [-0.39, 0.29) is 29.4 Å². The Kier molecular flexibility index (Phi) is 4.31. The van der Waals surface area contributed by atoms with Gasteiger partial charge in [-0.3, -0.25) is 14.5 Å². The molecule has 1 aromatic carbocycles. The minimum absolute atomic E-state index is 0.211. The number of benzene rings is 1. The second kappa shape index (κ2) is 6.17. The van der Waals surface area contributed by atoms with Crippen molar-refractivity contribution in [1.82, 2.24) is 10.2 Å². The molecular weight excluding hydrogens is 320 g/mol. The number of carbonyl (C=O) groups excluding carboxylic acids is 3. The molecule has 0 saturated heterocycles. The number of nitrogens with zero attached hydrogens (tertiary/aromatic N) is 1. The molecule has 0 spiro atoms. The van der Waals surface area contributed by atoms with Gasteiger partial charge < -0.3 is 10.1 Å². The van der Waals surface area contributed by atoms with Crippen LogP contribution in [0.15, 0.2) is 24.3 Å². The van der Waals surface area contributed by atoms with E-state index in [1.165, 1.54) is 4.90 Å². The third kappa shape index (κ3) is 3.52. The van der Waals surface area contributed by atoms with Gasteiger partial charge in [-0.05, 0) is 45.7 Å². The molecule has 1 fully saturated rings. The molecule has 0 unspecified atom stereocenters. The SMILES string of the molecule is CC(C)(C)NC(=O)OCC1(CN2C(=O)c3ccccc3C2=O)CCC1. The summed E-state index contributed by atoms with van der Waals surface area (Å²) in [4.78, 5) is 38.3. The molecule has 1 aromatic rings. The Morgan fingerprint density at radius 3 is 2.16 bits per heavy atom. The minimum atomic E-state index is -0.471. The molecule has 6 heteroatoms. The maximum Gasteiger partial charge on any atom is 0.407 e. The molecule has 1 aliphatic carbocycles. The second-order valence-electron chi connectivity index (χ2n) is 8.05. The lowest BCUT2D eigenvalue weighted by Crippen LogP contribution is -2.49. The molecule has 2 aliphatic rings. The quantitative estimate of drug-likeness (QED) is 0.852. The van der Waals surface area contributed by atoms with Crippen LogP contribution in [0.25, 0.3) is 0 Å². The molecule has 134 valence electrons. The molecule has 3 rings (SSSR count). The first-order chi connectivity index (χ1) is 11.7. The van der Waals surface area contributed by atoms with Crippen molar-refractivity contribution in [3.05, 3.63) is 35.4 Å². The lowest BCUT2D eigenvalue weighted by Gasteiger charge is -2.43. The molecular formula is C19H24N2O4. The Labute approximate surface area is 147 Å². The zero-order valence-corrected chi connectivity index (χ0v) is 14.9. The summed E-state index contributed by atoms with van der Waals surface area (Å²) in [7, 11) is 0. The van der Waals surface area contributed by atoms with Crippen molar-refractivity contribution in [2.45, 2.75) is 45.6 Å². The smallest absolute Gasteiger partial charge is 0.407 e. The normalized spacial score (nSPS) is 18.6. The van der Waals surface area contributed by atoms with Crippen molar-refractivity contribution in [3.8, 4) is 0 Å². The van der Waals surface area contributed by atoms with Gasteiger partial charge in [-0.25, -0.2) is 4.79 Å². The van der Waals surface area contributed by atoms with Gasteiger partial charge in [0.05, 0.1) is 11.1 Å². The number of hydrogen-bond acceptors (Lipinski definition) is 4. The lowest BCUT2D eigenvalue weighted by atomic mass is 9.69. The van der Waals surface area contributed by atoms with Crippen LogP contribution in [0.4, 0.5) is 4.79 Å². The van der Waals surface area contributed by atoms with Crippen LogP contribution in [0.2, 0.25) is 0 Å². The van der Waals surface area contributed by atoms with Gasteiger partial charge in [0, 0.05) is 17.5 Å². The summed E-state index contributed by atoms with van der Waals surface area (Å²) >= 11 is 0. The van der Waals surface area contributed by atoms with E-state index < -0.39 is 6.09 Å². The third-order valence-corrected chi connectivity index (χ3v) is 4.77. The van der Waals surface area contributed by atoms with Crippen LogP contribution in [-0.4, -0.2) is 41.5 Å². The van der Waals surface area contributed by atoms with Gasteiger partial charge in [0.15, 0.2) is 0 Å². The number of imide groups is 1. The van der Waals surface area contributed by atoms with Crippen molar-refractivity contribution < 1.29 is 19.1 Å². The fourth-order valence-corrected chi connectivity index (χ4v) is 3.30. The average molecular weight is 344 g/mol. The molecule has 25 heavy (non-hydrogen) atoms. The fourth-order valence-electron chi connectivity index (χ4n) is 3.30. The molecule has 0 radical (unpaired) electrons. The highest BCUT2D eigenvalue weighted by atomic mass is 16.5. The Morgan fingerprint density at radius 1 is 1.16 bits per heavy atom. The molecule has 1 aliphatic heterocycles. The van der Waals surface area contributed by atoms with Gasteiger partial charge >= 0.3 is 6.09 Å². The highest BCUT2D eigenvalue weighted by molar-refractivity contribution is 6.21. The summed E-state index contributed by atoms with van der Waals surface area (Å²) in [5, 5.41) is 2.76. The number of ether oxygens (including phenoxy) is 1. The lowest BCUT2D eigenvalue weighted by molar-refractivity contribution is 0.00245. The van der Waals surface area contributed by atoms with Crippen LogP contribution in [-0.2, 0) is 4.74 Å². The summed E-state index contributed by atoms with van der Waals surface area (Å²) in [5.41, 5.74) is 0.205. The topological polar surface area (TPSA) is 75.7 Å². The highest BCUT2D eigenvalue weighted by Gasteiger charge is 2.45. The predicted octanol–water partition coefficient (Wildman–Crippen LogP) is 2.98. The number of alkyl carbamates (subject to hydrolysis) is 1. The second-order valence-corrected chi connectivity index (χ2v) is 8.05. The summed E-state index contributed by atoms with van der Waals surface area (Å²) in [6.07, 6.45) is 2.21. The summed E-state index contributed by atoms with van der Waals surface area (Å²) in [5.74, 6) is -0.517. The highest BCUT2D eigenvalue weighted by Crippen LogP contribution is 2.43. The van der Waals surface area contributed by atoms with Gasteiger partial charge in [0.25, 0.3) is 11.8 Å². The van der Waals surface area contributed by atoms with Gasteiger partial charge in [-0.2, -0.15) is 0 Å². The number of nitrogens with one attached hydrogen (secondary N) is 1. The summed E-state index contributed by atoms with van der Waals surface area (Å²) < 4.78 is 5.38. The van der Waals surface area contributed by atoms with Crippen LogP contribution >= 0.6 is 0 Å². The first kappa shape index (κ1) is 17.5. The van der Waals surface area contributed by atoms with Gasteiger partial charge in [0.2, 0.25) is 0 Å². The first-order valence-electron chi connectivity index (χ1n) is 8.61. The van der Waals surface area contributed by atoms with Crippen LogP contribution in [0, 0.1) is 5.41 Å². The maximum absolute atomic E-state index is 12.5. The van der Waals surface area contributed by atoms with Crippen molar-refractivity contribution in [2.75, 3.05) is 13.2 Å². The van der Waals surface area contributed by atoms with E-state index in [1.807, 2.05) is 20.8 Å².